The highest BCUT2D eigenvalue weighted by molar-refractivity contribution is 5.89. The first-order chi connectivity index (χ1) is 13.1. The molecule has 2 fully saturated rings. The molecule has 1 saturated carbocycles. The van der Waals surface area contributed by atoms with Gasteiger partial charge < -0.3 is 24.8 Å². The zero-order valence-electron chi connectivity index (χ0n) is 15.3. The van der Waals surface area contributed by atoms with E-state index in [4.69, 9.17) is 9.47 Å². The molecule has 3 atom stereocenters. The number of likely N-dealkylation sites (tertiary alicyclic amines) is 1. The Kier molecular flexibility index (Phi) is 4.90. The lowest BCUT2D eigenvalue weighted by molar-refractivity contribution is 0.0326. The molecule has 4 rings (SSSR count). The summed E-state index contributed by atoms with van der Waals surface area (Å²) < 4.78 is 11.0. The van der Waals surface area contributed by atoms with Gasteiger partial charge in [-0.15, -0.1) is 0 Å². The molecule has 2 aliphatic rings. The number of aliphatic hydroxyl groups is 1. The van der Waals surface area contributed by atoms with Crippen LogP contribution in [0, 0.1) is 11.8 Å². The molecule has 1 aliphatic carbocycles. The fourth-order valence-corrected chi connectivity index (χ4v) is 3.97. The lowest BCUT2D eigenvalue weighted by Gasteiger charge is -2.35. The number of urea groups is 1. The number of nitrogens with one attached hydrogen (secondary N) is 1. The number of carbonyl (C=O) groups is 1. The van der Waals surface area contributed by atoms with Gasteiger partial charge in [-0.25, -0.2) is 4.79 Å². The number of fused-ring (bicyclic) bond motifs is 2. The van der Waals surface area contributed by atoms with Crippen molar-refractivity contribution >= 4 is 11.7 Å². The van der Waals surface area contributed by atoms with E-state index in [0.29, 0.717) is 24.6 Å². The zero-order valence-corrected chi connectivity index (χ0v) is 15.3. The van der Waals surface area contributed by atoms with Gasteiger partial charge in [0.15, 0.2) is 0 Å². The number of nitrogens with zero attached hydrogens (tertiary/aromatic N) is 1. The molecule has 2 aromatic rings. The Labute approximate surface area is 158 Å². The van der Waals surface area contributed by atoms with E-state index in [2.05, 4.69) is 5.32 Å². The normalized spacial score (nSPS) is 23.8. The number of carbonyl (C=O) groups excluding carboxylic acids is 1. The number of rotatable bonds is 4. The maximum Gasteiger partial charge on any atom is 0.321 e. The predicted octanol–water partition coefficient (Wildman–Crippen LogP) is 3.72. The SMILES string of the molecule is COc1cccc(Oc2ccc(NC(=O)N3C[C@H]4CC[C@@H](C3)C4O)cc2)c1. The number of piperidine rings is 1. The number of hydrogen-bond donors (Lipinski definition) is 2. The molecule has 0 spiro atoms. The van der Waals surface area contributed by atoms with Crippen LogP contribution < -0.4 is 14.8 Å². The van der Waals surface area contributed by atoms with Crippen molar-refractivity contribution < 1.29 is 19.4 Å². The second-order valence-electron chi connectivity index (χ2n) is 7.23. The van der Waals surface area contributed by atoms with Crippen LogP contribution in [-0.4, -0.2) is 42.3 Å². The van der Waals surface area contributed by atoms with Crippen LogP contribution in [0.5, 0.6) is 17.2 Å². The van der Waals surface area contributed by atoms with Gasteiger partial charge >= 0.3 is 6.03 Å². The molecule has 142 valence electrons. The summed E-state index contributed by atoms with van der Waals surface area (Å²) in [7, 11) is 1.62. The van der Waals surface area contributed by atoms with Gasteiger partial charge in [-0.2, -0.15) is 0 Å². The number of ether oxygens (including phenoxy) is 2. The summed E-state index contributed by atoms with van der Waals surface area (Å²) in [5.74, 6) is 2.53. The van der Waals surface area contributed by atoms with Crippen LogP contribution in [0.25, 0.3) is 0 Å². The molecule has 6 heteroatoms. The van der Waals surface area contributed by atoms with Crippen LogP contribution in [0.3, 0.4) is 0 Å². The maximum atomic E-state index is 12.5. The molecule has 1 aliphatic heterocycles. The third kappa shape index (κ3) is 3.85. The Morgan fingerprint density at radius 3 is 2.37 bits per heavy atom. The summed E-state index contributed by atoms with van der Waals surface area (Å²) in [6.07, 6.45) is 1.76. The molecule has 0 aromatic heterocycles. The summed E-state index contributed by atoms with van der Waals surface area (Å²) in [6, 6.07) is 14.6. The second kappa shape index (κ2) is 7.48. The average molecular weight is 368 g/mol. The average Bonchev–Trinajstić information content (AvgIpc) is 2.90. The van der Waals surface area contributed by atoms with Crippen LogP contribution in [-0.2, 0) is 0 Å². The third-order valence-electron chi connectivity index (χ3n) is 5.45. The molecule has 2 aromatic carbocycles. The standard InChI is InChI=1S/C21H24N2O4/c1-26-18-3-2-4-19(11-18)27-17-9-7-16(8-10-17)22-21(25)23-12-14-5-6-15(13-23)20(14)24/h2-4,7-11,14-15,20,24H,5-6,12-13H2,1H3,(H,22,25)/t14-,15+,20?. The Bertz CT molecular complexity index is 794. The second-order valence-corrected chi connectivity index (χ2v) is 7.23. The number of methoxy groups -OCH3 is 1. The highest BCUT2D eigenvalue weighted by Crippen LogP contribution is 2.37. The Balaban J connectivity index is 1.35. The van der Waals surface area contributed by atoms with Crippen molar-refractivity contribution in [3.8, 4) is 17.2 Å². The van der Waals surface area contributed by atoms with Crippen molar-refractivity contribution in [1.82, 2.24) is 4.90 Å². The first-order valence-corrected chi connectivity index (χ1v) is 9.28. The van der Waals surface area contributed by atoms with Gasteiger partial charge in [0.2, 0.25) is 0 Å². The predicted molar refractivity (Wildman–Crippen MR) is 102 cm³/mol. The van der Waals surface area contributed by atoms with E-state index in [1.165, 1.54) is 0 Å². The van der Waals surface area contributed by atoms with Gasteiger partial charge in [0.1, 0.15) is 17.2 Å². The molecule has 6 nitrogen and oxygen atoms in total. The van der Waals surface area contributed by atoms with Crippen molar-refractivity contribution in [1.29, 1.82) is 0 Å². The van der Waals surface area contributed by atoms with E-state index in [-0.39, 0.29) is 24.0 Å². The summed E-state index contributed by atoms with van der Waals surface area (Å²) in [6.45, 7) is 1.25. The first-order valence-electron chi connectivity index (χ1n) is 9.28. The molecule has 2 amide bonds. The number of amides is 2. The van der Waals surface area contributed by atoms with Gasteiger partial charge in [-0.05, 0) is 49.2 Å². The van der Waals surface area contributed by atoms with Gasteiger partial charge in [-0.1, -0.05) is 6.07 Å². The van der Waals surface area contributed by atoms with Crippen molar-refractivity contribution in [2.24, 2.45) is 11.8 Å². The van der Waals surface area contributed by atoms with Crippen LogP contribution in [0.2, 0.25) is 0 Å². The zero-order chi connectivity index (χ0) is 18.8. The smallest absolute Gasteiger partial charge is 0.321 e. The van der Waals surface area contributed by atoms with Crippen molar-refractivity contribution in [3.63, 3.8) is 0 Å². The van der Waals surface area contributed by atoms with Gasteiger partial charge in [0.25, 0.3) is 0 Å². The minimum Gasteiger partial charge on any atom is -0.497 e. The van der Waals surface area contributed by atoms with E-state index in [1.807, 2.05) is 53.4 Å². The minimum atomic E-state index is -0.248. The summed E-state index contributed by atoms with van der Waals surface area (Å²) in [4.78, 5) is 14.3. The Morgan fingerprint density at radius 2 is 1.70 bits per heavy atom. The van der Waals surface area contributed by atoms with E-state index in [9.17, 15) is 9.90 Å². The molecule has 1 heterocycles. The van der Waals surface area contributed by atoms with Crippen LogP contribution in [0.1, 0.15) is 12.8 Å². The molecule has 2 bridgehead atoms. The highest BCUT2D eigenvalue weighted by Gasteiger charge is 2.42. The lowest BCUT2D eigenvalue weighted by atomic mass is 9.95. The topological polar surface area (TPSA) is 71.0 Å². The molecule has 1 unspecified atom stereocenters. The minimum absolute atomic E-state index is 0.111. The highest BCUT2D eigenvalue weighted by atomic mass is 16.5. The molecular weight excluding hydrogens is 344 g/mol. The van der Waals surface area contributed by atoms with E-state index < -0.39 is 0 Å². The maximum absolute atomic E-state index is 12.5. The Hall–Kier alpha value is -2.73. The summed E-state index contributed by atoms with van der Waals surface area (Å²) >= 11 is 0. The van der Waals surface area contributed by atoms with Gasteiger partial charge in [0.05, 0.1) is 13.2 Å². The van der Waals surface area contributed by atoms with Crippen molar-refractivity contribution in [3.05, 3.63) is 48.5 Å². The van der Waals surface area contributed by atoms with E-state index >= 15 is 0 Å². The number of aliphatic hydroxyl groups excluding tert-OH is 1. The number of anilines is 1. The molecule has 1 saturated heterocycles. The molecular formula is C21H24N2O4. The van der Waals surface area contributed by atoms with Crippen molar-refractivity contribution in [2.45, 2.75) is 18.9 Å². The summed E-state index contributed by atoms with van der Waals surface area (Å²) in [5, 5.41) is 13.0. The molecule has 27 heavy (non-hydrogen) atoms. The molecule has 0 radical (unpaired) electrons. The Morgan fingerprint density at radius 1 is 1.04 bits per heavy atom. The first kappa shape index (κ1) is 17.7. The quantitative estimate of drug-likeness (QED) is 0.863. The van der Waals surface area contributed by atoms with E-state index in [1.54, 1.807) is 7.11 Å². The number of hydrogen-bond acceptors (Lipinski definition) is 4. The fraction of sp³-hybridized carbons (Fsp3) is 0.381. The largest absolute Gasteiger partial charge is 0.497 e. The number of benzene rings is 2. The van der Waals surface area contributed by atoms with Crippen LogP contribution in [0.15, 0.2) is 48.5 Å². The fourth-order valence-electron chi connectivity index (χ4n) is 3.97. The third-order valence-corrected chi connectivity index (χ3v) is 5.45. The van der Waals surface area contributed by atoms with Gasteiger partial charge in [0, 0.05) is 36.7 Å². The van der Waals surface area contributed by atoms with Crippen LogP contribution in [0.4, 0.5) is 10.5 Å². The van der Waals surface area contributed by atoms with Crippen LogP contribution >= 0.6 is 0 Å². The van der Waals surface area contributed by atoms with E-state index in [0.717, 1.165) is 24.3 Å². The lowest BCUT2D eigenvalue weighted by Crippen LogP contribution is -2.48. The molecule has 2 N–H and O–H groups in total. The van der Waals surface area contributed by atoms with Gasteiger partial charge in [-0.3, -0.25) is 0 Å². The van der Waals surface area contributed by atoms with Crippen molar-refractivity contribution in [2.75, 3.05) is 25.5 Å². The monoisotopic (exact) mass is 368 g/mol. The summed E-state index contributed by atoms with van der Waals surface area (Å²) in [5.41, 5.74) is 0.719.